The second kappa shape index (κ2) is 10.2. The molecule has 3 aromatic carbocycles. The van der Waals surface area contributed by atoms with E-state index < -0.39 is 30.1 Å². The van der Waals surface area contributed by atoms with E-state index in [-0.39, 0.29) is 18.9 Å². The molecule has 7 nitrogen and oxygen atoms in total. The summed E-state index contributed by atoms with van der Waals surface area (Å²) < 4.78 is 5.56. The van der Waals surface area contributed by atoms with Crippen LogP contribution in [-0.2, 0) is 20.7 Å². The van der Waals surface area contributed by atoms with Crippen molar-refractivity contribution in [1.82, 2.24) is 10.6 Å². The van der Waals surface area contributed by atoms with Crippen molar-refractivity contribution in [2.75, 3.05) is 6.61 Å². The fourth-order valence-electron chi connectivity index (χ4n) is 4.22. The monoisotopic (exact) mass is 458 g/mol. The van der Waals surface area contributed by atoms with E-state index in [1.54, 1.807) is 0 Å². The number of rotatable bonds is 8. The Labute approximate surface area is 197 Å². The molecular weight excluding hydrogens is 432 g/mol. The molecule has 0 fully saturated rings. The van der Waals surface area contributed by atoms with Crippen LogP contribution in [0.4, 0.5) is 4.79 Å². The lowest BCUT2D eigenvalue weighted by atomic mass is 9.98. The third-order valence-electron chi connectivity index (χ3n) is 5.96. The highest BCUT2D eigenvalue weighted by molar-refractivity contribution is 5.89. The van der Waals surface area contributed by atoms with E-state index in [9.17, 15) is 14.4 Å². The molecule has 2 atom stereocenters. The molecule has 1 aliphatic rings. The zero-order valence-electron chi connectivity index (χ0n) is 18.7. The first-order valence-corrected chi connectivity index (χ1v) is 11.1. The summed E-state index contributed by atoms with van der Waals surface area (Å²) >= 11 is 0. The van der Waals surface area contributed by atoms with Crippen LogP contribution >= 0.6 is 0 Å². The lowest BCUT2D eigenvalue weighted by Crippen LogP contribution is -2.51. The number of carboxylic acids is 1. The molecular formula is C27H26N2O5. The molecule has 7 heteroatoms. The first-order valence-electron chi connectivity index (χ1n) is 11.1. The van der Waals surface area contributed by atoms with Gasteiger partial charge in [-0.2, -0.15) is 0 Å². The van der Waals surface area contributed by atoms with E-state index >= 15 is 0 Å². The number of nitrogens with one attached hydrogen (secondary N) is 2. The molecule has 0 aromatic heterocycles. The summed E-state index contributed by atoms with van der Waals surface area (Å²) in [6.07, 6.45) is -0.538. The number of amides is 2. The molecule has 174 valence electrons. The number of hydrogen-bond acceptors (Lipinski definition) is 4. The van der Waals surface area contributed by atoms with Gasteiger partial charge in [-0.25, -0.2) is 4.79 Å². The van der Waals surface area contributed by atoms with Crippen LogP contribution in [-0.4, -0.2) is 41.8 Å². The van der Waals surface area contributed by atoms with Gasteiger partial charge in [0.2, 0.25) is 5.91 Å². The topological polar surface area (TPSA) is 105 Å². The Morgan fingerprint density at radius 1 is 0.853 bits per heavy atom. The minimum atomic E-state index is -1.16. The normalized spacial score (nSPS) is 13.8. The molecule has 0 radical (unpaired) electrons. The molecule has 4 rings (SSSR count). The fraction of sp³-hybridized carbons (Fsp3) is 0.222. The zero-order chi connectivity index (χ0) is 24.1. The predicted octanol–water partition coefficient (Wildman–Crippen LogP) is 3.73. The van der Waals surface area contributed by atoms with Gasteiger partial charge in [0.05, 0.1) is 0 Å². The van der Waals surface area contributed by atoms with Crippen molar-refractivity contribution in [3.63, 3.8) is 0 Å². The van der Waals surface area contributed by atoms with Crippen molar-refractivity contribution in [2.45, 2.75) is 31.3 Å². The maximum atomic E-state index is 12.7. The van der Waals surface area contributed by atoms with Crippen molar-refractivity contribution in [3.05, 3.63) is 95.6 Å². The van der Waals surface area contributed by atoms with Gasteiger partial charge in [0.1, 0.15) is 18.7 Å². The number of carboxylic acid groups (broad SMARTS) is 1. The molecule has 3 N–H and O–H groups in total. The highest BCUT2D eigenvalue weighted by atomic mass is 16.5. The third-order valence-corrected chi connectivity index (χ3v) is 5.96. The summed E-state index contributed by atoms with van der Waals surface area (Å²) in [5.41, 5.74) is 5.24. The van der Waals surface area contributed by atoms with Crippen LogP contribution in [0, 0.1) is 0 Å². The van der Waals surface area contributed by atoms with Crippen molar-refractivity contribution in [1.29, 1.82) is 0 Å². The Kier molecular flexibility index (Phi) is 6.92. The molecule has 2 amide bonds. The summed E-state index contributed by atoms with van der Waals surface area (Å²) in [5, 5.41) is 14.2. The van der Waals surface area contributed by atoms with Gasteiger partial charge in [0.25, 0.3) is 0 Å². The fourth-order valence-corrected chi connectivity index (χ4v) is 4.22. The summed E-state index contributed by atoms with van der Waals surface area (Å²) in [6.45, 7) is 1.48. The highest BCUT2D eigenvalue weighted by Gasteiger charge is 2.30. The van der Waals surface area contributed by atoms with Gasteiger partial charge >= 0.3 is 12.1 Å². The number of carbonyl (C=O) groups is 3. The van der Waals surface area contributed by atoms with Crippen molar-refractivity contribution >= 4 is 18.0 Å². The standard InChI is InChI=1S/C27H26N2O5/c1-17(26(31)32)28-25(30)24(15-18-9-3-2-4-10-18)29-27(33)34-16-23-21-13-7-5-11-19(21)20-12-6-8-14-22(20)23/h2-14,17,23-24H,15-16H2,1H3,(H,28,30)(H,29,33)(H,31,32)/t17-,24?/m1/s1. The van der Waals surface area contributed by atoms with Crippen LogP contribution in [0.5, 0.6) is 0 Å². The highest BCUT2D eigenvalue weighted by Crippen LogP contribution is 2.44. The van der Waals surface area contributed by atoms with Gasteiger partial charge in [-0.15, -0.1) is 0 Å². The van der Waals surface area contributed by atoms with Gasteiger partial charge in [-0.3, -0.25) is 9.59 Å². The number of fused-ring (bicyclic) bond motifs is 3. The minimum absolute atomic E-state index is 0.105. The smallest absolute Gasteiger partial charge is 0.407 e. The average Bonchev–Trinajstić information content (AvgIpc) is 3.16. The van der Waals surface area contributed by atoms with Gasteiger partial charge in [-0.1, -0.05) is 78.9 Å². The second-order valence-electron chi connectivity index (χ2n) is 8.28. The Morgan fingerprint density at radius 3 is 2.00 bits per heavy atom. The van der Waals surface area contributed by atoms with Crippen LogP contribution in [0.1, 0.15) is 29.5 Å². The van der Waals surface area contributed by atoms with Crippen LogP contribution in [0.15, 0.2) is 78.9 Å². The van der Waals surface area contributed by atoms with E-state index in [1.165, 1.54) is 6.92 Å². The van der Waals surface area contributed by atoms with E-state index in [0.29, 0.717) is 0 Å². The summed E-state index contributed by atoms with van der Waals surface area (Å²) in [7, 11) is 0. The maximum absolute atomic E-state index is 12.7. The SMILES string of the molecule is C[C@@H](NC(=O)C(Cc1ccccc1)NC(=O)OCC1c2ccccc2-c2ccccc21)C(=O)O. The number of ether oxygens (including phenoxy) is 1. The Hall–Kier alpha value is -4.13. The first-order chi connectivity index (χ1) is 16.4. The number of hydrogen-bond donors (Lipinski definition) is 3. The minimum Gasteiger partial charge on any atom is -0.480 e. The van der Waals surface area contributed by atoms with Crippen molar-refractivity contribution in [2.24, 2.45) is 0 Å². The van der Waals surface area contributed by atoms with Crippen molar-refractivity contribution < 1.29 is 24.2 Å². The van der Waals surface area contributed by atoms with E-state index in [1.807, 2.05) is 66.7 Å². The molecule has 3 aromatic rings. The molecule has 0 aliphatic heterocycles. The average molecular weight is 459 g/mol. The number of benzene rings is 3. The van der Waals surface area contributed by atoms with Gasteiger partial charge in [0, 0.05) is 12.3 Å². The molecule has 0 heterocycles. The lowest BCUT2D eigenvalue weighted by Gasteiger charge is -2.21. The zero-order valence-corrected chi connectivity index (χ0v) is 18.7. The number of carbonyl (C=O) groups excluding carboxylic acids is 2. The molecule has 1 unspecified atom stereocenters. The Bertz CT molecular complexity index is 1150. The van der Waals surface area contributed by atoms with Crippen LogP contribution in [0.3, 0.4) is 0 Å². The number of aliphatic carboxylic acids is 1. The van der Waals surface area contributed by atoms with E-state index in [4.69, 9.17) is 9.84 Å². The molecule has 0 saturated carbocycles. The lowest BCUT2D eigenvalue weighted by molar-refractivity contribution is -0.141. The third kappa shape index (κ3) is 5.09. The van der Waals surface area contributed by atoms with Crippen LogP contribution in [0.2, 0.25) is 0 Å². The molecule has 1 aliphatic carbocycles. The largest absolute Gasteiger partial charge is 0.480 e. The van der Waals surface area contributed by atoms with Crippen molar-refractivity contribution in [3.8, 4) is 11.1 Å². The van der Waals surface area contributed by atoms with Gasteiger partial charge < -0.3 is 20.5 Å². The first kappa shape index (κ1) is 23.0. The second-order valence-corrected chi connectivity index (χ2v) is 8.28. The van der Waals surface area contributed by atoms with E-state index in [2.05, 4.69) is 22.8 Å². The summed E-state index contributed by atoms with van der Waals surface area (Å²) in [5.74, 6) is -1.85. The Morgan fingerprint density at radius 2 is 1.41 bits per heavy atom. The summed E-state index contributed by atoms with van der Waals surface area (Å²) in [6, 6.07) is 23.2. The van der Waals surface area contributed by atoms with E-state index in [0.717, 1.165) is 27.8 Å². The number of alkyl carbamates (subject to hydrolysis) is 1. The molecule has 0 bridgehead atoms. The molecule has 0 spiro atoms. The van der Waals surface area contributed by atoms with Gasteiger partial charge in [-0.05, 0) is 34.7 Å². The Balaban J connectivity index is 1.45. The quantitative estimate of drug-likeness (QED) is 0.477. The molecule has 34 heavy (non-hydrogen) atoms. The van der Waals surface area contributed by atoms with Crippen LogP contribution < -0.4 is 10.6 Å². The molecule has 0 saturated heterocycles. The van der Waals surface area contributed by atoms with Gasteiger partial charge in [0.15, 0.2) is 0 Å². The maximum Gasteiger partial charge on any atom is 0.407 e. The van der Waals surface area contributed by atoms with Crippen LogP contribution in [0.25, 0.3) is 11.1 Å². The predicted molar refractivity (Wildman–Crippen MR) is 127 cm³/mol. The summed E-state index contributed by atoms with van der Waals surface area (Å²) in [4.78, 5) is 36.6.